The van der Waals surface area contributed by atoms with Gasteiger partial charge >= 0.3 is 0 Å². The normalized spacial score (nSPS) is 17.2. The molecule has 1 saturated heterocycles. The molecule has 1 N–H and O–H groups in total. The molecule has 3 aromatic rings. The van der Waals surface area contributed by atoms with E-state index in [1.54, 1.807) is 18.5 Å². The predicted octanol–water partition coefficient (Wildman–Crippen LogP) is 3.32. The van der Waals surface area contributed by atoms with E-state index in [4.69, 9.17) is 9.57 Å². The van der Waals surface area contributed by atoms with E-state index in [0.717, 1.165) is 41.4 Å². The van der Waals surface area contributed by atoms with Crippen molar-refractivity contribution in [2.45, 2.75) is 50.2 Å². The maximum absolute atomic E-state index is 13.2. The summed E-state index contributed by atoms with van der Waals surface area (Å²) in [5.74, 6) is 0.0580. The fourth-order valence-corrected chi connectivity index (χ4v) is 5.14. The maximum Gasteiger partial charge on any atom is 0.264 e. The zero-order valence-electron chi connectivity index (χ0n) is 22.5. The molecule has 1 amide bonds. The van der Waals surface area contributed by atoms with Crippen LogP contribution in [0.15, 0.2) is 53.6 Å². The summed E-state index contributed by atoms with van der Waals surface area (Å²) >= 11 is 0. The Kier molecular flexibility index (Phi) is 9.76. The largest absolute Gasteiger partial charge is 0.363 e. The number of halogens is 1. The Hall–Kier alpha value is -2.99. The van der Waals surface area contributed by atoms with E-state index in [-0.39, 0.29) is 30.9 Å². The van der Waals surface area contributed by atoms with Crippen LogP contribution in [0.2, 0.25) is 0 Å². The Morgan fingerprint density at radius 3 is 2.56 bits per heavy atom. The Morgan fingerprint density at radius 2 is 1.95 bits per heavy atom. The first-order valence-electron chi connectivity index (χ1n) is 12.5. The second-order valence-corrected chi connectivity index (χ2v) is 12.5. The molecule has 0 aliphatic carbocycles. The standard InChI is InChI=1S/C27H34N4O6S.ClH/c1-27(38(4,34)35,26(33)29-37-24-7-5-6-16-36-24)13-15-31-14-12-20-17-19(8-10-22(20)25(31)32)21-9-11-23(28-18-21)30(2)3;/h8-12,14,17-18,24H,5-7,13,15-16H2,1-4H3,(H,29,33);1H/t24?,27-;/m1./s1. The van der Waals surface area contributed by atoms with Gasteiger partial charge in [0.2, 0.25) is 0 Å². The lowest BCUT2D eigenvalue weighted by Gasteiger charge is -2.28. The van der Waals surface area contributed by atoms with Gasteiger partial charge in [-0.2, -0.15) is 0 Å². The van der Waals surface area contributed by atoms with Gasteiger partial charge in [-0.15, -0.1) is 12.4 Å². The van der Waals surface area contributed by atoms with Crippen molar-refractivity contribution in [3.63, 3.8) is 0 Å². The molecule has 1 fully saturated rings. The van der Waals surface area contributed by atoms with Crippen LogP contribution in [0, 0.1) is 0 Å². The topological polar surface area (TPSA) is 120 Å². The van der Waals surface area contributed by atoms with Gasteiger partial charge in [0.1, 0.15) is 5.82 Å². The number of sulfone groups is 1. The highest BCUT2D eigenvalue weighted by molar-refractivity contribution is 7.92. The van der Waals surface area contributed by atoms with Gasteiger partial charge < -0.3 is 14.2 Å². The van der Waals surface area contributed by atoms with Gasteiger partial charge in [-0.3, -0.25) is 9.59 Å². The third kappa shape index (κ3) is 6.78. The third-order valence-corrected chi connectivity index (χ3v) is 9.09. The van der Waals surface area contributed by atoms with E-state index in [9.17, 15) is 18.0 Å². The highest BCUT2D eigenvalue weighted by Crippen LogP contribution is 2.25. The van der Waals surface area contributed by atoms with Crippen LogP contribution >= 0.6 is 12.4 Å². The monoisotopic (exact) mass is 578 g/mol. The summed E-state index contributed by atoms with van der Waals surface area (Å²) in [7, 11) is 0.00560. The minimum absolute atomic E-state index is 0. The summed E-state index contributed by atoms with van der Waals surface area (Å²) in [5, 5.41) is 1.25. The molecule has 3 heterocycles. The van der Waals surface area contributed by atoms with Gasteiger partial charge in [-0.1, -0.05) is 6.07 Å². The number of hydroxylamine groups is 1. The molecule has 10 nitrogen and oxygen atoms in total. The predicted molar refractivity (Wildman–Crippen MR) is 154 cm³/mol. The van der Waals surface area contributed by atoms with Crippen LogP contribution in [0.25, 0.3) is 21.9 Å². The summed E-state index contributed by atoms with van der Waals surface area (Å²) in [6.07, 6.45) is 6.13. The van der Waals surface area contributed by atoms with E-state index < -0.39 is 26.8 Å². The van der Waals surface area contributed by atoms with Gasteiger partial charge in [0, 0.05) is 63.3 Å². The molecule has 4 rings (SSSR count). The number of rotatable bonds is 9. The number of aryl methyl sites for hydroxylation is 1. The van der Waals surface area contributed by atoms with E-state index in [1.807, 2.05) is 49.3 Å². The highest BCUT2D eigenvalue weighted by Gasteiger charge is 2.44. The van der Waals surface area contributed by atoms with Gasteiger partial charge in [-0.25, -0.2) is 23.7 Å². The van der Waals surface area contributed by atoms with Crippen molar-refractivity contribution in [2.75, 3.05) is 31.9 Å². The first-order chi connectivity index (χ1) is 18.0. The Balaban J connectivity index is 0.00000420. The van der Waals surface area contributed by atoms with Crippen molar-refractivity contribution >= 4 is 44.7 Å². The highest BCUT2D eigenvalue weighted by atomic mass is 35.5. The summed E-state index contributed by atoms with van der Waals surface area (Å²) in [6, 6.07) is 11.3. The van der Waals surface area contributed by atoms with Crippen LogP contribution in [0.5, 0.6) is 0 Å². The van der Waals surface area contributed by atoms with Crippen LogP contribution in [-0.4, -0.2) is 61.9 Å². The third-order valence-electron chi connectivity index (χ3n) is 7.07. The summed E-state index contributed by atoms with van der Waals surface area (Å²) in [5.41, 5.74) is 3.86. The average Bonchev–Trinajstić information content (AvgIpc) is 2.91. The lowest BCUT2D eigenvalue weighted by molar-refractivity contribution is -0.201. The Morgan fingerprint density at radius 1 is 1.21 bits per heavy atom. The zero-order valence-corrected chi connectivity index (χ0v) is 24.2. The molecule has 2 aromatic heterocycles. The first kappa shape index (κ1) is 30.6. The van der Waals surface area contributed by atoms with Crippen LogP contribution < -0.4 is 15.9 Å². The quantitative estimate of drug-likeness (QED) is 0.384. The van der Waals surface area contributed by atoms with E-state index >= 15 is 0 Å². The molecule has 1 aromatic carbocycles. The molecule has 1 aliphatic rings. The fourth-order valence-electron chi connectivity index (χ4n) is 4.30. The van der Waals surface area contributed by atoms with Gasteiger partial charge in [-0.05, 0) is 67.5 Å². The van der Waals surface area contributed by atoms with Crippen molar-refractivity contribution in [1.82, 2.24) is 15.0 Å². The Labute approximate surface area is 234 Å². The van der Waals surface area contributed by atoms with Crippen molar-refractivity contribution in [3.05, 3.63) is 59.1 Å². The second kappa shape index (κ2) is 12.5. The summed E-state index contributed by atoms with van der Waals surface area (Å²) in [4.78, 5) is 37.8. The van der Waals surface area contributed by atoms with Crippen molar-refractivity contribution in [3.8, 4) is 11.1 Å². The smallest absolute Gasteiger partial charge is 0.264 e. The van der Waals surface area contributed by atoms with E-state index in [1.165, 1.54) is 11.5 Å². The van der Waals surface area contributed by atoms with Crippen molar-refractivity contribution in [2.24, 2.45) is 0 Å². The Bertz CT molecular complexity index is 1470. The van der Waals surface area contributed by atoms with Crippen LogP contribution in [0.4, 0.5) is 5.82 Å². The number of pyridine rings is 2. The number of nitrogens with one attached hydrogen (secondary N) is 1. The SMILES string of the molecule is CN(C)c1ccc(-c2ccc3c(=O)n(CC[C@](C)(C(=O)NOC4CCCCO4)S(C)(=O)=O)ccc3c2)cn1.Cl. The number of amides is 1. The number of hydrogen-bond acceptors (Lipinski definition) is 8. The van der Waals surface area contributed by atoms with Gasteiger partial charge in [0.15, 0.2) is 20.9 Å². The molecule has 212 valence electrons. The molecule has 0 radical (unpaired) electrons. The van der Waals surface area contributed by atoms with Crippen LogP contribution in [0.3, 0.4) is 0 Å². The van der Waals surface area contributed by atoms with Crippen LogP contribution in [-0.2, 0) is 30.8 Å². The number of carbonyl (C=O) groups is 1. The number of anilines is 1. The van der Waals surface area contributed by atoms with E-state index in [0.29, 0.717) is 18.4 Å². The number of fused-ring (bicyclic) bond motifs is 1. The van der Waals surface area contributed by atoms with Crippen molar-refractivity contribution in [1.29, 1.82) is 0 Å². The summed E-state index contributed by atoms with van der Waals surface area (Å²) < 4.78 is 30.4. The molecule has 1 aliphatic heterocycles. The molecule has 0 spiro atoms. The molecule has 0 saturated carbocycles. The minimum Gasteiger partial charge on any atom is -0.363 e. The van der Waals surface area contributed by atoms with Gasteiger partial charge in [0.05, 0.1) is 0 Å². The van der Waals surface area contributed by atoms with Crippen LogP contribution in [0.1, 0.15) is 32.6 Å². The lowest BCUT2D eigenvalue weighted by Crippen LogP contribution is -2.51. The molecular weight excluding hydrogens is 544 g/mol. The average molecular weight is 579 g/mol. The minimum atomic E-state index is -3.84. The zero-order chi connectivity index (χ0) is 27.5. The van der Waals surface area contributed by atoms with E-state index in [2.05, 4.69) is 10.5 Å². The molecular formula is C27H35ClN4O6S. The number of carbonyl (C=O) groups excluding carboxylic acids is 1. The van der Waals surface area contributed by atoms with Gasteiger partial charge in [0.25, 0.3) is 11.5 Å². The second-order valence-electron chi connectivity index (χ2n) is 10.0. The number of benzene rings is 1. The number of aromatic nitrogens is 2. The molecule has 1 unspecified atom stereocenters. The molecule has 0 bridgehead atoms. The lowest BCUT2D eigenvalue weighted by atomic mass is 10.0. The molecule has 39 heavy (non-hydrogen) atoms. The summed E-state index contributed by atoms with van der Waals surface area (Å²) in [6.45, 7) is 1.90. The number of ether oxygens (including phenoxy) is 1. The number of hydrogen-bond donors (Lipinski definition) is 1. The molecule has 12 heteroatoms. The fraction of sp³-hybridized carbons (Fsp3) is 0.444. The first-order valence-corrected chi connectivity index (χ1v) is 14.4. The maximum atomic E-state index is 13.2. The molecule has 2 atom stereocenters. The van der Waals surface area contributed by atoms with Crippen molar-refractivity contribution < 1.29 is 22.8 Å². The number of nitrogens with zero attached hydrogens (tertiary/aromatic N) is 3.